The molecule has 0 aromatic heterocycles. The van der Waals surface area contributed by atoms with Crippen molar-refractivity contribution in [3.8, 4) is 11.5 Å². The van der Waals surface area contributed by atoms with Crippen LogP contribution in [0.5, 0.6) is 11.5 Å². The predicted octanol–water partition coefficient (Wildman–Crippen LogP) is 1.61. The molecule has 2 aromatic carbocycles. The first kappa shape index (κ1) is 25.4. The Labute approximate surface area is 196 Å². The van der Waals surface area contributed by atoms with Gasteiger partial charge in [-0.3, -0.25) is 4.90 Å². The van der Waals surface area contributed by atoms with Gasteiger partial charge in [-0.05, 0) is 61.4 Å². The SMILES string of the molecule is COc1ccc(S(=O)(=O)NCCN2CCN(S(=O)(=O)c3ccc(OC)c(C)c3)CC2)cc1C. The van der Waals surface area contributed by atoms with E-state index in [0.29, 0.717) is 44.2 Å². The molecule has 0 spiro atoms. The molecule has 0 atom stereocenters. The number of rotatable bonds is 9. The maximum Gasteiger partial charge on any atom is 0.243 e. The average Bonchev–Trinajstić information content (AvgIpc) is 2.79. The van der Waals surface area contributed by atoms with Gasteiger partial charge in [0.15, 0.2) is 0 Å². The molecule has 11 heteroatoms. The molecule has 3 rings (SSSR count). The average molecular weight is 498 g/mol. The minimum atomic E-state index is -3.64. The number of aryl methyl sites for hydroxylation is 2. The fraction of sp³-hybridized carbons (Fsp3) is 0.455. The molecule has 1 aliphatic rings. The maximum absolute atomic E-state index is 13.0. The predicted molar refractivity (Wildman–Crippen MR) is 126 cm³/mol. The summed E-state index contributed by atoms with van der Waals surface area (Å²) < 4.78 is 65.6. The number of sulfonamides is 2. The Morgan fingerprint density at radius 2 is 1.33 bits per heavy atom. The lowest BCUT2D eigenvalue weighted by Crippen LogP contribution is -2.50. The van der Waals surface area contributed by atoms with Crippen LogP contribution >= 0.6 is 0 Å². The summed E-state index contributed by atoms with van der Waals surface area (Å²) in [7, 11) is -4.14. The highest BCUT2D eigenvalue weighted by Gasteiger charge is 2.29. The van der Waals surface area contributed by atoms with Gasteiger partial charge in [0.2, 0.25) is 20.0 Å². The Balaban J connectivity index is 1.53. The van der Waals surface area contributed by atoms with Crippen LogP contribution in [0.15, 0.2) is 46.2 Å². The number of nitrogens with zero attached hydrogens (tertiary/aromatic N) is 2. The molecule has 1 N–H and O–H groups in total. The van der Waals surface area contributed by atoms with E-state index in [2.05, 4.69) is 4.72 Å². The maximum atomic E-state index is 13.0. The van der Waals surface area contributed by atoms with Gasteiger partial charge in [-0.25, -0.2) is 21.6 Å². The van der Waals surface area contributed by atoms with Crippen LogP contribution in [-0.2, 0) is 20.0 Å². The topological polar surface area (TPSA) is 105 Å². The fourth-order valence-corrected chi connectivity index (χ4v) is 6.41. The first-order chi connectivity index (χ1) is 15.6. The van der Waals surface area contributed by atoms with Crippen LogP contribution < -0.4 is 14.2 Å². The second-order valence-corrected chi connectivity index (χ2v) is 11.6. The Hall–Kier alpha value is -2.18. The van der Waals surface area contributed by atoms with Gasteiger partial charge in [0.05, 0.1) is 24.0 Å². The highest BCUT2D eigenvalue weighted by atomic mass is 32.2. The number of hydrogen-bond donors (Lipinski definition) is 1. The van der Waals surface area contributed by atoms with Crippen molar-refractivity contribution < 1.29 is 26.3 Å². The van der Waals surface area contributed by atoms with E-state index in [-0.39, 0.29) is 16.3 Å². The van der Waals surface area contributed by atoms with Crippen molar-refractivity contribution >= 4 is 20.0 Å². The number of ether oxygens (including phenoxy) is 2. The summed E-state index contributed by atoms with van der Waals surface area (Å²) in [6.07, 6.45) is 0. The van der Waals surface area contributed by atoms with Crippen LogP contribution in [0, 0.1) is 13.8 Å². The van der Waals surface area contributed by atoms with E-state index < -0.39 is 20.0 Å². The molecule has 0 radical (unpaired) electrons. The lowest BCUT2D eigenvalue weighted by atomic mass is 10.2. The van der Waals surface area contributed by atoms with E-state index in [4.69, 9.17) is 9.47 Å². The Kier molecular flexibility index (Phi) is 8.01. The molecule has 182 valence electrons. The summed E-state index contributed by atoms with van der Waals surface area (Å²) in [4.78, 5) is 2.48. The summed E-state index contributed by atoms with van der Waals surface area (Å²) in [6, 6.07) is 9.56. The first-order valence-electron chi connectivity index (χ1n) is 10.6. The number of hydrogen-bond acceptors (Lipinski definition) is 7. The largest absolute Gasteiger partial charge is 0.496 e. The molecule has 1 saturated heterocycles. The number of methoxy groups -OCH3 is 2. The molecule has 0 aliphatic carbocycles. The second kappa shape index (κ2) is 10.4. The first-order valence-corrected chi connectivity index (χ1v) is 13.5. The van der Waals surface area contributed by atoms with Gasteiger partial charge in [0.1, 0.15) is 11.5 Å². The normalized spacial score (nSPS) is 16.0. The Morgan fingerprint density at radius 1 is 0.818 bits per heavy atom. The van der Waals surface area contributed by atoms with Crippen molar-refractivity contribution in [3.05, 3.63) is 47.5 Å². The van der Waals surface area contributed by atoms with Crippen molar-refractivity contribution in [2.24, 2.45) is 0 Å². The van der Waals surface area contributed by atoms with E-state index in [0.717, 1.165) is 11.1 Å². The zero-order valence-corrected chi connectivity index (χ0v) is 21.0. The van der Waals surface area contributed by atoms with Crippen LogP contribution in [0.25, 0.3) is 0 Å². The van der Waals surface area contributed by atoms with Crippen molar-refractivity contribution in [2.75, 3.05) is 53.5 Å². The molecule has 33 heavy (non-hydrogen) atoms. The number of benzene rings is 2. The smallest absolute Gasteiger partial charge is 0.243 e. The van der Waals surface area contributed by atoms with Crippen molar-refractivity contribution in [1.29, 1.82) is 0 Å². The van der Waals surface area contributed by atoms with Crippen LogP contribution in [0.4, 0.5) is 0 Å². The highest BCUT2D eigenvalue weighted by molar-refractivity contribution is 7.89. The lowest BCUT2D eigenvalue weighted by molar-refractivity contribution is 0.191. The van der Waals surface area contributed by atoms with Gasteiger partial charge >= 0.3 is 0 Å². The van der Waals surface area contributed by atoms with Crippen LogP contribution in [0.2, 0.25) is 0 Å². The van der Waals surface area contributed by atoms with Gasteiger partial charge in [-0.2, -0.15) is 4.31 Å². The van der Waals surface area contributed by atoms with Crippen LogP contribution in [0.1, 0.15) is 11.1 Å². The minimum Gasteiger partial charge on any atom is -0.496 e. The van der Waals surface area contributed by atoms with Crippen molar-refractivity contribution in [2.45, 2.75) is 23.6 Å². The fourth-order valence-electron chi connectivity index (χ4n) is 3.79. The van der Waals surface area contributed by atoms with E-state index in [1.54, 1.807) is 44.4 Å². The van der Waals surface area contributed by atoms with E-state index >= 15 is 0 Å². The standard InChI is InChI=1S/C22H31N3O6S2/c1-17-15-19(5-7-21(17)30-3)32(26,27)23-9-10-24-11-13-25(14-12-24)33(28,29)20-6-8-22(31-4)18(2)16-20/h5-8,15-16,23H,9-14H2,1-4H3. The molecule has 1 aliphatic heterocycles. The summed E-state index contributed by atoms with van der Waals surface area (Å²) in [5, 5.41) is 0. The van der Waals surface area contributed by atoms with Gasteiger partial charge in [-0.15, -0.1) is 0 Å². The highest BCUT2D eigenvalue weighted by Crippen LogP contribution is 2.24. The summed E-state index contributed by atoms with van der Waals surface area (Å²) in [6.45, 7) is 6.07. The number of nitrogens with one attached hydrogen (secondary N) is 1. The summed E-state index contributed by atoms with van der Waals surface area (Å²) in [5.74, 6) is 1.28. The summed E-state index contributed by atoms with van der Waals surface area (Å²) in [5.41, 5.74) is 1.50. The van der Waals surface area contributed by atoms with Gasteiger partial charge < -0.3 is 9.47 Å². The minimum absolute atomic E-state index is 0.187. The molecule has 1 heterocycles. The zero-order valence-electron chi connectivity index (χ0n) is 19.4. The Bertz CT molecular complexity index is 1190. The van der Waals surface area contributed by atoms with E-state index in [1.165, 1.54) is 17.5 Å². The molecular weight excluding hydrogens is 466 g/mol. The van der Waals surface area contributed by atoms with Crippen molar-refractivity contribution in [1.82, 2.24) is 13.9 Å². The quantitative estimate of drug-likeness (QED) is 0.561. The Morgan fingerprint density at radius 3 is 1.85 bits per heavy atom. The van der Waals surface area contributed by atoms with Gasteiger partial charge in [0, 0.05) is 39.3 Å². The van der Waals surface area contributed by atoms with Crippen molar-refractivity contribution in [3.63, 3.8) is 0 Å². The molecule has 0 saturated carbocycles. The molecule has 2 aromatic rings. The molecule has 0 amide bonds. The third-order valence-corrected chi connectivity index (χ3v) is 9.09. The molecule has 0 bridgehead atoms. The van der Waals surface area contributed by atoms with Crippen LogP contribution in [0.3, 0.4) is 0 Å². The van der Waals surface area contributed by atoms with E-state index in [1.807, 2.05) is 11.8 Å². The second-order valence-electron chi connectivity index (χ2n) is 7.91. The van der Waals surface area contributed by atoms with Crippen LogP contribution in [-0.4, -0.2) is 79.5 Å². The lowest BCUT2D eigenvalue weighted by Gasteiger charge is -2.34. The molecular formula is C22H31N3O6S2. The molecule has 9 nitrogen and oxygen atoms in total. The molecule has 1 fully saturated rings. The third-order valence-electron chi connectivity index (χ3n) is 5.73. The monoisotopic (exact) mass is 497 g/mol. The molecule has 0 unspecified atom stereocenters. The third kappa shape index (κ3) is 5.85. The van der Waals surface area contributed by atoms with Gasteiger partial charge in [-0.1, -0.05) is 0 Å². The number of piperazine rings is 1. The zero-order chi connectivity index (χ0) is 24.2. The summed E-state index contributed by atoms with van der Waals surface area (Å²) >= 11 is 0. The van der Waals surface area contributed by atoms with Gasteiger partial charge in [0.25, 0.3) is 0 Å². The van der Waals surface area contributed by atoms with E-state index in [9.17, 15) is 16.8 Å².